The molecule has 0 spiro atoms. The molecule has 5 heterocycles. The molecule has 48 heavy (non-hydrogen) atoms. The minimum absolute atomic E-state index is 0.103. The summed E-state index contributed by atoms with van der Waals surface area (Å²) >= 11 is 0. The first-order valence-electron chi connectivity index (χ1n) is 17.4. The Morgan fingerprint density at radius 2 is 1.81 bits per heavy atom. The predicted molar refractivity (Wildman–Crippen MR) is 179 cm³/mol. The molecule has 3 aliphatic rings. The minimum atomic E-state index is -3.25. The Bertz CT molecular complexity index is 1600. The highest BCUT2D eigenvalue weighted by Gasteiger charge is 2.43. The van der Waals surface area contributed by atoms with Crippen LogP contribution >= 0.6 is 0 Å². The van der Waals surface area contributed by atoms with E-state index in [9.17, 15) is 9.59 Å². The largest absolute Gasteiger partial charge is 0.378 e. The van der Waals surface area contributed by atoms with Crippen LogP contribution in [0.2, 0.25) is 0 Å². The van der Waals surface area contributed by atoms with Gasteiger partial charge in [0.25, 0.3) is 11.5 Å². The molecule has 0 radical (unpaired) electrons. The van der Waals surface area contributed by atoms with Crippen molar-refractivity contribution >= 4 is 28.8 Å². The summed E-state index contributed by atoms with van der Waals surface area (Å²) in [6.07, 6.45) is 7.02. The van der Waals surface area contributed by atoms with Gasteiger partial charge >= 0.3 is 0 Å². The molecule has 3 aliphatic heterocycles. The maximum absolute atomic E-state index is 15.6. The number of nitrogens with one attached hydrogen (secondary N) is 2. The summed E-state index contributed by atoms with van der Waals surface area (Å²) in [6, 6.07) is 6.55. The monoisotopic (exact) mass is 669 g/mol. The average Bonchev–Trinajstić information content (AvgIpc) is 3.08. The van der Waals surface area contributed by atoms with E-state index in [1.807, 2.05) is 6.07 Å². The number of carbonyl (C=O) groups excluding carboxylic acids is 1. The molecule has 260 valence electrons. The molecule has 3 saturated heterocycles. The summed E-state index contributed by atoms with van der Waals surface area (Å²) in [7, 11) is 0. The second-order valence-corrected chi connectivity index (χ2v) is 13.1. The Balaban J connectivity index is 1.21. The number of halogens is 3. The zero-order valence-corrected chi connectivity index (χ0v) is 27.4. The van der Waals surface area contributed by atoms with Gasteiger partial charge in [0.1, 0.15) is 35.6 Å². The number of alkyl halides is 2. The quantitative estimate of drug-likeness (QED) is 0.181. The number of unbranched alkanes of at least 4 members (excludes halogenated alkanes) is 4. The van der Waals surface area contributed by atoms with Gasteiger partial charge in [-0.3, -0.25) is 14.3 Å². The summed E-state index contributed by atoms with van der Waals surface area (Å²) in [5.74, 6) is -4.49. The van der Waals surface area contributed by atoms with Crippen LogP contribution in [-0.2, 0) is 28.4 Å². The molecule has 2 aromatic heterocycles. The van der Waals surface area contributed by atoms with Gasteiger partial charge in [-0.2, -0.15) is 0 Å². The number of ether oxygens (including phenoxy) is 1. The molecule has 0 amide bonds. The second kappa shape index (κ2) is 15.8. The molecule has 3 aromatic rings. The fourth-order valence-electron chi connectivity index (χ4n) is 7.11. The van der Waals surface area contributed by atoms with Crippen molar-refractivity contribution in [2.45, 2.75) is 69.9 Å². The lowest BCUT2D eigenvalue weighted by molar-refractivity contribution is -0.107. The van der Waals surface area contributed by atoms with Crippen LogP contribution in [0.15, 0.2) is 35.4 Å². The van der Waals surface area contributed by atoms with Crippen LogP contribution in [0, 0.1) is 11.7 Å². The first-order chi connectivity index (χ1) is 23.4. The fraction of sp³-hybridized carbons (Fsp3) is 0.600. The molecule has 3 fully saturated rings. The molecule has 0 aliphatic carbocycles. The molecule has 0 unspecified atom stereocenters. The number of pyridine rings is 1. The topological polar surface area (TPSA) is 105 Å². The number of aldehydes is 1. The Morgan fingerprint density at radius 1 is 1.04 bits per heavy atom. The highest BCUT2D eigenvalue weighted by molar-refractivity contribution is 5.89. The summed E-state index contributed by atoms with van der Waals surface area (Å²) in [6.45, 7) is 6.30. The molecule has 2 N–H and O–H groups in total. The van der Waals surface area contributed by atoms with E-state index in [4.69, 9.17) is 4.74 Å². The summed E-state index contributed by atoms with van der Waals surface area (Å²) < 4.78 is 53.4. The lowest BCUT2D eigenvalue weighted by Gasteiger charge is -2.43. The van der Waals surface area contributed by atoms with Crippen molar-refractivity contribution in [3.63, 3.8) is 0 Å². The highest BCUT2D eigenvalue weighted by atomic mass is 19.3. The zero-order valence-electron chi connectivity index (χ0n) is 27.4. The van der Waals surface area contributed by atoms with Crippen LogP contribution in [0.1, 0.15) is 56.1 Å². The van der Waals surface area contributed by atoms with E-state index in [-0.39, 0.29) is 24.1 Å². The molecule has 13 heteroatoms. The highest BCUT2D eigenvalue weighted by Crippen LogP contribution is 2.42. The van der Waals surface area contributed by atoms with Crippen molar-refractivity contribution in [3.8, 4) is 0 Å². The predicted octanol–water partition coefficient (Wildman–Crippen LogP) is 4.35. The Hall–Kier alpha value is -3.55. The maximum Gasteiger partial charge on any atom is 0.278 e. The Morgan fingerprint density at radius 3 is 2.54 bits per heavy atom. The number of piperidine rings is 1. The number of nitrogens with zero attached hydrogens (tertiary/aromatic N) is 5. The van der Waals surface area contributed by atoms with Gasteiger partial charge in [0.2, 0.25) is 0 Å². The van der Waals surface area contributed by atoms with Crippen molar-refractivity contribution in [2.75, 3.05) is 69.2 Å². The van der Waals surface area contributed by atoms with Gasteiger partial charge in [0.15, 0.2) is 0 Å². The van der Waals surface area contributed by atoms with E-state index in [0.29, 0.717) is 80.6 Å². The molecular weight excluding hydrogens is 623 g/mol. The number of piperazine rings is 1. The number of anilines is 2. The van der Waals surface area contributed by atoms with Gasteiger partial charge < -0.3 is 25.1 Å². The number of carbonyl (C=O) groups is 1. The van der Waals surface area contributed by atoms with E-state index in [1.165, 1.54) is 18.5 Å². The van der Waals surface area contributed by atoms with E-state index in [2.05, 4.69) is 30.4 Å². The first kappa shape index (κ1) is 34.3. The Kier molecular flexibility index (Phi) is 11.3. The minimum Gasteiger partial charge on any atom is -0.378 e. The third kappa shape index (κ3) is 7.52. The molecule has 0 saturated carbocycles. The zero-order chi connectivity index (χ0) is 33.5. The second-order valence-electron chi connectivity index (χ2n) is 13.1. The van der Waals surface area contributed by atoms with Crippen molar-refractivity contribution in [1.29, 1.82) is 0 Å². The van der Waals surface area contributed by atoms with E-state index in [0.717, 1.165) is 58.3 Å². The third-order valence-electron chi connectivity index (χ3n) is 10.1. The smallest absolute Gasteiger partial charge is 0.278 e. The lowest BCUT2D eigenvalue weighted by atomic mass is 9.86. The van der Waals surface area contributed by atoms with Crippen molar-refractivity contribution in [2.24, 2.45) is 5.92 Å². The number of benzene rings is 1. The normalized spacial score (nSPS) is 18.3. The molecule has 1 aromatic carbocycles. The van der Waals surface area contributed by atoms with Gasteiger partial charge in [-0.15, -0.1) is 0 Å². The molecule has 6 rings (SSSR count). The van der Waals surface area contributed by atoms with Crippen LogP contribution in [0.4, 0.5) is 24.7 Å². The number of aromatic nitrogens is 3. The standard InChI is InChI=1S/C35H46F3N7O3/c36-31-25(7-6-8-29(31)35(37,38)26-10-12-39-13-11-26)9-14-40-32-28-21-30(44-18-16-43(17-19-44)27-22-48-23-27)34(47)45(33(28)42-24-41-32)15-4-2-1-3-5-20-46/h6-8,20-21,24,26-27,39H,1-5,9-19,22-23H2,(H,40,41,42). The molecular formula is C35H46F3N7O3. The summed E-state index contributed by atoms with van der Waals surface area (Å²) in [5.41, 5.74) is 0.672. The fourth-order valence-corrected chi connectivity index (χ4v) is 7.11. The SMILES string of the molecule is O=CCCCCCCn1c(=O)c(N2CCN(C3COC3)CC2)cc2c(NCCc3cccc(C(F)(F)C4CCNCC4)c3F)ncnc21. The molecule has 0 atom stereocenters. The van der Waals surface area contributed by atoms with Crippen molar-refractivity contribution in [3.05, 3.63) is 57.9 Å². The number of aryl methyl sites for hydroxylation is 1. The van der Waals surface area contributed by atoms with Gasteiger partial charge in [-0.25, -0.2) is 23.1 Å². The molecule has 0 bridgehead atoms. The van der Waals surface area contributed by atoms with E-state index in [1.54, 1.807) is 10.6 Å². The number of hydrogen-bond donors (Lipinski definition) is 2. The number of hydrogen-bond acceptors (Lipinski definition) is 9. The van der Waals surface area contributed by atoms with Gasteiger partial charge in [-0.1, -0.05) is 31.0 Å². The van der Waals surface area contributed by atoms with Crippen molar-refractivity contribution in [1.82, 2.24) is 24.8 Å². The Labute approximate surface area is 279 Å². The van der Waals surface area contributed by atoms with Crippen molar-refractivity contribution < 1.29 is 22.7 Å². The summed E-state index contributed by atoms with van der Waals surface area (Å²) in [4.78, 5) is 38.2. The number of rotatable bonds is 15. The average molecular weight is 670 g/mol. The first-order valence-corrected chi connectivity index (χ1v) is 17.4. The van der Waals surface area contributed by atoms with E-state index < -0.39 is 23.2 Å². The van der Waals surface area contributed by atoms with Gasteiger partial charge in [0.05, 0.1) is 30.2 Å². The van der Waals surface area contributed by atoms with Crippen LogP contribution in [0.25, 0.3) is 11.0 Å². The van der Waals surface area contributed by atoms with Crippen LogP contribution < -0.4 is 21.1 Å². The van der Waals surface area contributed by atoms with Gasteiger partial charge in [0, 0.05) is 51.6 Å². The lowest BCUT2D eigenvalue weighted by Crippen LogP contribution is -2.57. The summed E-state index contributed by atoms with van der Waals surface area (Å²) in [5, 5.41) is 7.06. The third-order valence-corrected chi connectivity index (χ3v) is 10.1. The van der Waals surface area contributed by atoms with Crippen LogP contribution in [-0.4, -0.2) is 90.8 Å². The maximum atomic E-state index is 15.6. The molecule has 10 nitrogen and oxygen atoms in total. The van der Waals surface area contributed by atoms with Gasteiger partial charge in [-0.05, 0) is 56.8 Å². The van der Waals surface area contributed by atoms with Crippen LogP contribution in [0.3, 0.4) is 0 Å². The number of fused-ring (bicyclic) bond motifs is 1. The van der Waals surface area contributed by atoms with Crippen LogP contribution in [0.5, 0.6) is 0 Å². The van der Waals surface area contributed by atoms with E-state index >= 15 is 13.2 Å².